The number of fused-ring (bicyclic) bond motifs is 2. The van der Waals surface area contributed by atoms with Crippen LogP contribution in [0.1, 0.15) is 0 Å². The molecule has 1 amide bonds. The van der Waals surface area contributed by atoms with Crippen molar-refractivity contribution in [2.45, 2.75) is 6.10 Å². The first-order valence-electron chi connectivity index (χ1n) is 10.2. The molecule has 0 aliphatic carbocycles. The number of hydrogen-bond donors (Lipinski definition) is 0. The van der Waals surface area contributed by atoms with Crippen molar-refractivity contribution in [3.05, 3.63) is 47.5 Å². The van der Waals surface area contributed by atoms with Crippen molar-refractivity contribution in [1.82, 2.24) is 9.88 Å². The zero-order valence-corrected chi connectivity index (χ0v) is 18.4. The van der Waals surface area contributed by atoms with E-state index in [-0.39, 0.29) is 12.5 Å². The molecule has 162 valence electrons. The number of thiazole rings is 1. The van der Waals surface area contributed by atoms with Gasteiger partial charge in [-0.1, -0.05) is 35.1 Å². The molecule has 0 bridgehead atoms. The molecule has 0 radical (unpaired) electrons. The SMILES string of the molecule is O=C(C1COc2ccccc2O1)N(CCN1CCOCC1)c1nc2ccc(Cl)cc2s1. The van der Waals surface area contributed by atoms with Gasteiger partial charge in [-0.05, 0) is 30.3 Å². The van der Waals surface area contributed by atoms with Crippen LogP contribution in [0.4, 0.5) is 5.13 Å². The third-order valence-electron chi connectivity index (χ3n) is 5.36. The number of nitrogens with zero attached hydrogens (tertiary/aromatic N) is 3. The van der Waals surface area contributed by atoms with Crippen LogP contribution < -0.4 is 14.4 Å². The van der Waals surface area contributed by atoms with Gasteiger partial charge in [-0.3, -0.25) is 14.6 Å². The molecule has 1 fully saturated rings. The zero-order valence-electron chi connectivity index (χ0n) is 16.8. The fourth-order valence-corrected chi connectivity index (χ4v) is 4.96. The van der Waals surface area contributed by atoms with E-state index in [1.54, 1.807) is 4.90 Å². The summed E-state index contributed by atoms with van der Waals surface area (Å²) in [6.45, 7) is 4.54. The summed E-state index contributed by atoms with van der Waals surface area (Å²) >= 11 is 7.60. The van der Waals surface area contributed by atoms with Gasteiger partial charge in [0.1, 0.15) is 6.61 Å². The highest BCUT2D eigenvalue weighted by atomic mass is 35.5. The second-order valence-electron chi connectivity index (χ2n) is 7.42. The number of ether oxygens (including phenoxy) is 3. The number of carbonyl (C=O) groups is 1. The van der Waals surface area contributed by atoms with Crippen molar-refractivity contribution >= 4 is 44.2 Å². The Balaban J connectivity index is 1.40. The number of hydrogen-bond acceptors (Lipinski definition) is 7. The summed E-state index contributed by atoms with van der Waals surface area (Å²) in [5.41, 5.74) is 0.819. The average Bonchev–Trinajstić information content (AvgIpc) is 3.22. The van der Waals surface area contributed by atoms with Crippen LogP contribution in [0.3, 0.4) is 0 Å². The Bertz CT molecular complexity index is 1090. The van der Waals surface area contributed by atoms with Crippen molar-refractivity contribution in [3.8, 4) is 11.5 Å². The fraction of sp³-hybridized carbons (Fsp3) is 0.364. The smallest absolute Gasteiger partial charge is 0.273 e. The number of halogens is 1. The van der Waals surface area contributed by atoms with Gasteiger partial charge in [0, 0.05) is 31.2 Å². The van der Waals surface area contributed by atoms with Crippen LogP contribution in [0.15, 0.2) is 42.5 Å². The van der Waals surface area contributed by atoms with Crippen LogP contribution in [-0.2, 0) is 9.53 Å². The monoisotopic (exact) mass is 459 g/mol. The number of amides is 1. The van der Waals surface area contributed by atoms with Gasteiger partial charge in [-0.25, -0.2) is 4.98 Å². The third-order valence-corrected chi connectivity index (χ3v) is 6.64. The minimum Gasteiger partial charge on any atom is -0.485 e. The Kier molecular flexibility index (Phi) is 5.95. The summed E-state index contributed by atoms with van der Waals surface area (Å²) < 4.78 is 18.1. The average molecular weight is 460 g/mol. The zero-order chi connectivity index (χ0) is 21.2. The lowest BCUT2D eigenvalue weighted by atomic mass is 10.2. The molecule has 1 unspecified atom stereocenters. The first-order valence-corrected chi connectivity index (χ1v) is 11.4. The van der Waals surface area contributed by atoms with Gasteiger partial charge in [0.15, 0.2) is 16.6 Å². The fourth-order valence-electron chi connectivity index (χ4n) is 3.68. The van der Waals surface area contributed by atoms with E-state index in [1.807, 2.05) is 42.5 Å². The molecule has 9 heteroatoms. The number of anilines is 1. The Morgan fingerprint density at radius 1 is 1.19 bits per heavy atom. The molecule has 1 aromatic heterocycles. The maximum atomic E-state index is 13.5. The first-order chi connectivity index (χ1) is 15.2. The topological polar surface area (TPSA) is 64.1 Å². The molecule has 3 aromatic rings. The molecular weight excluding hydrogens is 438 g/mol. The quantitative estimate of drug-likeness (QED) is 0.582. The highest BCUT2D eigenvalue weighted by molar-refractivity contribution is 7.22. The first kappa shape index (κ1) is 20.5. The van der Waals surface area contributed by atoms with Gasteiger partial charge in [0.05, 0.1) is 23.4 Å². The number of benzene rings is 2. The van der Waals surface area contributed by atoms with Crippen molar-refractivity contribution in [1.29, 1.82) is 0 Å². The van der Waals surface area contributed by atoms with Crippen LogP contribution in [0.5, 0.6) is 11.5 Å². The van der Waals surface area contributed by atoms with Crippen molar-refractivity contribution in [2.75, 3.05) is 50.9 Å². The predicted molar refractivity (Wildman–Crippen MR) is 121 cm³/mol. The lowest BCUT2D eigenvalue weighted by Gasteiger charge is -2.32. The highest BCUT2D eigenvalue weighted by Gasteiger charge is 2.33. The van der Waals surface area contributed by atoms with E-state index in [9.17, 15) is 4.79 Å². The van der Waals surface area contributed by atoms with Crippen LogP contribution in [0.2, 0.25) is 5.02 Å². The van der Waals surface area contributed by atoms with Crippen molar-refractivity contribution in [2.24, 2.45) is 0 Å². The standard InChI is InChI=1S/C22H22ClN3O4S/c23-15-5-6-16-20(13-15)31-22(24-16)26(8-7-25-9-11-28-12-10-25)21(27)19-14-29-17-3-1-2-4-18(17)30-19/h1-6,13,19H,7-12,14H2. The van der Waals surface area contributed by atoms with E-state index < -0.39 is 6.10 Å². The van der Waals surface area contributed by atoms with E-state index in [1.165, 1.54) is 11.3 Å². The Hall–Kier alpha value is -2.39. The summed E-state index contributed by atoms with van der Waals surface area (Å²) in [6.07, 6.45) is -0.727. The van der Waals surface area contributed by atoms with Crippen LogP contribution in [0, 0.1) is 0 Å². The van der Waals surface area contributed by atoms with E-state index in [0.29, 0.717) is 41.4 Å². The maximum absolute atomic E-state index is 13.5. The van der Waals surface area contributed by atoms with Crippen LogP contribution in [-0.4, -0.2) is 67.9 Å². The largest absolute Gasteiger partial charge is 0.485 e. The molecule has 0 N–H and O–H groups in total. The second-order valence-corrected chi connectivity index (χ2v) is 8.86. The van der Waals surface area contributed by atoms with E-state index >= 15 is 0 Å². The van der Waals surface area contributed by atoms with Crippen LogP contribution in [0.25, 0.3) is 10.2 Å². The molecule has 31 heavy (non-hydrogen) atoms. The summed E-state index contributed by atoms with van der Waals surface area (Å²) in [7, 11) is 0. The Morgan fingerprint density at radius 3 is 2.84 bits per heavy atom. The molecule has 1 saturated heterocycles. The molecule has 1 atom stereocenters. The number of carbonyl (C=O) groups excluding carboxylic acids is 1. The lowest BCUT2D eigenvalue weighted by molar-refractivity contribution is -0.127. The van der Waals surface area contributed by atoms with Gasteiger partial charge < -0.3 is 14.2 Å². The molecule has 7 nitrogen and oxygen atoms in total. The number of morpholine rings is 1. The van der Waals surface area contributed by atoms with Crippen molar-refractivity contribution < 1.29 is 19.0 Å². The van der Waals surface area contributed by atoms with Gasteiger partial charge >= 0.3 is 0 Å². The minimum absolute atomic E-state index is 0.159. The van der Waals surface area contributed by atoms with Gasteiger partial charge in [-0.2, -0.15) is 0 Å². The number of para-hydroxylation sites is 2. The maximum Gasteiger partial charge on any atom is 0.273 e. The van der Waals surface area contributed by atoms with Gasteiger partial charge in [-0.15, -0.1) is 0 Å². The van der Waals surface area contributed by atoms with Gasteiger partial charge in [0.2, 0.25) is 6.10 Å². The summed E-state index contributed by atoms with van der Waals surface area (Å²) in [4.78, 5) is 22.3. The predicted octanol–water partition coefficient (Wildman–Crippen LogP) is 3.45. The molecule has 3 heterocycles. The van der Waals surface area contributed by atoms with E-state index in [2.05, 4.69) is 4.90 Å². The Labute approximate surface area is 189 Å². The summed E-state index contributed by atoms with van der Waals surface area (Å²) in [5.74, 6) is 1.07. The molecule has 2 aliphatic rings. The van der Waals surface area contributed by atoms with E-state index in [0.717, 1.165) is 29.9 Å². The minimum atomic E-state index is -0.727. The summed E-state index contributed by atoms with van der Waals surface area (Å²) in [5, 5.41) is 1.28. The molecular formula is C22H22ClN3O4S. The van der Waals surface area contributed by atoms with Crippen molar-refractivity contribution in [3.63, 3.8) is 0 Å². The molecule has 5 rings (SSSR count). The molecule has 0 spiro atoms. The molecule has 2 aliphatic heterocycles. The number of aromatic nitrogens is 1. The molecule has 0 saturated carbocycles. The highest BCUT2D eigenvalue weighted by Crippen LogP contribution is 2.34. The summed E-state index contributed by atoms with van der Waals surface area (Å²) in [6, 6.07) is 12.9. The lowest BCUT2D eigenvalue weighted by Crippen LogP contribution is -2.49. The Morgan fingerprint density at radius 2 is 2.00 bits per heavy atom. The van der Waals surface area contributed by atoms with E-state index in [4.69, 9.17) is 30.8 Å². The second kappa shape index (κ2) is 9.00. The third kappa shape index (κ3) is 4.48. The number of rotatable bonds is 5. The molecule has 2 aromatic carbocycles. The van der Waals surface area contributed by atoms with Gasteiger partial charge in [0.25, 0.3) is 5.91 Å². The normalized spacial score (nSPS) is 18.8. The van der Waals surface area contributed by atoms with Crippen LogP contribution >= 0.6 is 22.9 Å².